The second-order valence-electron chi connectivity index (χ2n) is 12.4. The maximum Gasteiger partial charge on any atom is 0.161 e. The average Bonchev–Trinajstić information content (AvgIpc) is 3.47. The Morgan fingerprint density at radius 2 is 0.804 bits per heavy atom. The highest BCUT2D eigenvalue weighted by Gasteiger charge is 2.41. The molecule has 0 bridgehead atoms. The van der Waals surface area contributed by atoms with Gasteiger partial charge >= 0.3 is 0 Å². The van der Waals surface area contributed by atoms with E-state index >= 15 is 0 Å². The lowest BCUT2D eigenvalue weighted by molar-refractivity contribution is 0.0287. The van der Waals surface area contributed by atoms with Crippen molar-refractivity contribution in [3.8, 4) is 46.0 Å². The summed E-state index contributed by atoms with van der Waals surface area (Å²) in [7, 11) is 9.40. The second kappa shape index (κ2) is 16.9. The van der Waals surface area contributed by atoms with E-state index in [1.807, 2.05) is 36.4 Å². The number of hydrogen-bond donors (Lipinski definition) is 2. The minimum Gasteiger partial charge on any atom is -0.493 e. The molecule has 51 heavy (non-hydrogen) atoms. The summed E-state index contributed by atoms with van der Waals surface area (Å²) in [6, 6.07) is 22.0. The first kappa shape index (κ1) is 37.4. The van der Waals surface area contributed by atoms with Crippen molar-refractivity contribution in [2.75, 3.05) is 55.9 Å². The van der Waals surface area contributed by atoms with Crippen LogP contribution in [0.4, 0.5) is 0 Å². The number of methoxy groups -OCH3 is 6. The molecule has 1 aliphatic heterocycles. The Kier molecular flexibility index (Phi) is 12.4. The van der Waals surface area contributed by atoms with Crippen LogP contribution in [0.5, 0.6) is 46.0 Å². The van der Waals surface area contributed by atoms with Gasteiger partial charge in [0.05, 0.1) is 54.9 Å². The quantitative estimate of drug-likeness (QED) is 0.125. The molecule has 11 heteroatoms. The molecule has 1 saturated heterocycles. The monoisotopic (exact) mass is 704 g/mol. The zero-order valence-corrected chi connectivity index (χ0v) is 30.4. The first-order valence-electron chi connectivity index (χ1n) is 16.7. The molecular formula is C40H48O11. The second-order valence-corrected chi connectivity index (χ2v) is 12.4. The van der Waals surface area contributed by atoms with E-state index in [1.165, 1.54) is 0 Å². The largest absolute Gasteiger partial charge is 0.493 e. The maximum absolute atomic E-state index is 10.8. The van der Waals surface area contributed by atoms with E-state index in [4.69, 9.17) is 42.6 Å². The third kappa shape index (κ3) is 8.22. The van der Waals surface area contributed by atoms with E-state index in [0.717, 1.165) is 11.1 Å². The Hall–Kier alpha value is -4.84. The van der Waals surface area contributed by atoms with Crippen LogP contribution >= 0.6 is 0 Å². The van der Waals surface area contributed by atoms with Crippen LogP contribution in [0.25, 0.3) is 0 Å². The lowest BCUT2D eigenvalue weighted by Crippen LogP contribution is -2.12. The molecule has 2 N–H and O–H groups in total. The van der Waals surface area contributed by atoms with Gasteiger partial charge in [-0.2, -0.15) is 0 Å². The molecule has 0 aliphatic carbocycles. The number of hydrogen-bond acceptors (Lipinski definition) is 11. The van der Waals surface area contributed by atoms with E-state index in [2.05, 4.69) is 13.8 Å². The van der Waals surface area contributed by atoms with Crippen LogP contribution in [0.1, 0.15) is 60.5 Å². The standard InChI is InChI=1S/C40H48O11/c1-23-24(2)40(28-12-16-34(38(20-28)48-8)50-22-30(42)26-10-14-32(44-4)36(18-26)46-6)51-39(23)27-11-15-33(37(19-27)47-7)49-21-29(41)25-9-13-31(43-3)35(17-25)45-5/h9-20,23-24,29-30,39-42H,21-22H2,1-8H3/t23-,24-,29?,30?,39+,40+/m1/s1. The molecule has 0 amide bonds. The van der Waals surface area contributed by atoms with Gasteiger partial charge in [-0.05, 0) is 82.6 Å². The molecule has 5 rings (SSSR count). The lowest BCUT2D eigenvalue weighted by atomic mass is 9.85. The van der Waals surface area contributed by atoms with Gasteiger partial charge in [-0.1, -0.05) is 38.1 Å². The fourth-order valence-corrected chi connectivity index (χ4v) is 6.33. The molecule has 6 atom stereocenters. The summed E-state index contributed by atoms with van der Waals surface area (Å²) < 4.78 is 51.4. The van der Waals surface area contributed by atoms with Crippen LogP contribution in [0.3, 0.4) is 0 Å². The van der Waals surface area contributed by atoms with E-state index in [-0.39, 0.29) is 37.3 Å². The lowest BCUT2D eigenvalue weighted by Gasteiger charge is -2.20. The highest BCUT2D eigenvalue weighted by atomic mass is 16.5. The first-order chi connectivity index (χ1) is 24.6. The third-order valence-corrected chi connectivity index (χ3v) is 9.49. The molecule has 1 aliphatic rings. The summed E-state index contributed by atoms with van der Waals surface area (Å²) >= 11 is 0. The summed E-state index contributed by atoms with van der Waals surface area (Å²) in [6.07, 6.45) is -2.21. The third-order valence-electron chi connectivity index (χ3n) is 9.49. The molecule has 0 radical (unpaired) electrons. The molecular weight excluding hydrogens is 656 g/mol. The van der Waals surface area contributed by atoms with Gasteiger partial charge in [-0.25, -0.2) is 0 Å². The van der Waals surface area contributed by atoms with E-state index in [1.54, 1.807) is 79.1 Å². The van der Waals surface area contributed by atoms with Crippen LogP contribution in [0.15, 0.2) is 72.8 Å². The van der Waals surface area contributed by atoms with Crippen molar-refractivity contribution >= 4 is 0 Å². The molecule has 4 aromatic carbocycles. The predicted molar refractivity (Wildman–Crippen MR) is 191 cm³/mol. The molecule has 2 unspecified atom stereocenters. The van der Waals surface area contributed by atoms with Crippen molar-refractivity contribution in [2.45, 2.75) is 38.3 Å². The van der Waals surface area contributed by atoms with Crippen LogP contribution in [-0.2, 0) is 4.74 Å². The SMILES string of the molecule is COc1ccc(C(O)COc2ccc([C@H]3O[C@H](c4ccc(OCC(O)c5ccc(OC)c(OC)c5)c(OC)c4)[C@H](C)[C@H]3C)cc2OC)cc1OC. The Morgan fingerprint density at radius 3 is 1.16 bits per heavy atom. The topological polar surface area (TPSA) is 124 Å². The first-order valence-corrected chi connectivity index (χ1v) is 16.7. The molecule has 0 spiro atoms. The van der Waals surface area contributed by atoms with E-state index < -0.39 is 12.2 Å². The number of rotatable bonds is 16. The van der Waals surface area contributed by atoms with Crippen LogP contribution < -0.4 is 37.9 Å². The van der Waals surface area contributed by atoms with Crippen LogP contribution in [0, 0.1) is 11.8 Å². The number of aliphatic hydroxyl groups is 2. The summed E-state index contributed by atoms with van der Waals surface area (Å²) in [6.45, 7) is 4.38. The van der Waals surface area contributed by atoms with E-state index in [9.17, 15) is 10.2 Å². The Morgan fingerprint density at radius 1 is 0.471 bits per heavy atom. The van der Waals surface area contributed by atoms with Crippen LogP contribution in [-0.4, -0.2) is 66.1 Å². The smallest absolute Gasteiger partial charge is 0.161 e. The molecule has 11 nitrogen and oxygen atoms in total. The van der Waals surface area contributed by atoms with Crippen molar-refractivity contribution in [3.63, 3.8) is 0 Å². The normalized spacial score (nSPS) is 19.5. The summed E-state index contributed by atoms with van der Waals surface area (Å²) in [4.78, 5) is 0. The van der Waals surface area contributed by atoms with Gasteiger partial charge in [0.25, 0.3) is 0 Å². The van der Waals surface area contributed by atoms with Gasteiger partial charge in [-0.3, -0.25) is 0 Å². The fraction of sp³-hybridized carbons (Fsp3) is 0.400. The van der Waals surface area contributed by atoms with Crippen molar-refractivity contribution in [1.82, 2.24) is 0 Å². The molecule has 1 heterocycles. The number of benzene rings is 4. The average molecular weight is 705 g/mol. The highest BCUT2D eigenvalue weighted by Crippen LogP contribution is 2.51. The summed E-state index contributed by atoms with van der Waals surface area (Å²) in [5.74, 6) is 4.66. The Balaban J connectivity index is 1.25. The number of aliphatic hydroxyl groups excluding tert-OH is 2. The van der Waals surface area contributed by atoms with Crippen molar-refractivity contribution in [3.05, 3.63) is 95.1 Å². The van der Waals surface area contributed by atoms with Gasteiger partial charge in [-0.15, -0.1) is 0 Å². The zero-order valence-electron chi connectivity index (χ0n) is 30.4. The van der Waals surface area contributed by atoms with Crippen molar-refractivity contribution in [1.29, 1.82) is 0 Å². The molecule has 0 saturated carbocycles. The summed E-state index contributed by atoms with van der Waals surface area (Å²) in [5.41, 5.74) is 3.19. The van der Waals surface area contributed by atoms with Gasteiger partial charge < -0.3 is 52.8 Å². The molecule has 0 aromatic heterocycles. The van der Waals surface area contributed by atoms with Gasteiger partial charge in [0.15, 0.2) is 46.0 Å². The maximum atomic E-state index is 10.8. The van der Waals surface area contributed by atoms with Gasteiger partial charge in [0.1, 0.15) is 25.4 Å². The molecule has 4 aromatic rings. The van der Waals surface area contributed by atoms with Crippen molar-refractivity contribution in [2.24, 2.45) is 11.8 Å². The van der Waals surface area contributed by atoms with Crippen molar-refractivity contribution < 1.29 is 52.8 Å². The highest BCUT2D eigenvalue weighted by molar-refractivity contribution is 5.47. The minimum atomic E-state index is -0.898. The Labute approximate surface area is 299 Å². The van der Waals surface area contributed by atoms with Crippen LogP contribution in [0.2, 0.25) is 0 Å². The zero-order chi connectivity index (χ0) is 36.7. The number of ether oxygens (including phenoxy) is 9. The van der Waals surface area contributed by atoms with E-state index in [0.29, 0.717) is 57.1 Å². The minimum absolute atomic E-state index is 0.0113. The van der Waals surface area contributed by atoms with Gasteiger partial charge in [0.2, 0.25) is 0 Å². The fourth-order valence-electron chi connectivity index (χ4n) is 6.33. The summed E-state index contributed by atoms with van der Waals surface area (Å²) in [5, 5.41) is 21.7. The molecule has 274 valence electrons. The predicted octanol–water partition coefficient (Wildman–Crippen LogP) is 7.05. The van der Waals surface area contributed by atoms with Gasteiger partial charge in [0, 0.05) is 0 Å². The molecule has 1 fully saturated rings. The Bertz CT molecular complexity index is 1630.